The van der Waals surface area contributed by atoms with Crippen molar-refractivity contribution in [1.29, 1.82) is 0 Å². The Labute approximate surface area is 173 Å². The van der Waals surface area contributed by atoms with Crippen LogP contribution in [0.3, 0.4) is 0 Å². The highest BCUT2D eigenvalue weighted by atomic mass is 16.5. The zero-order valence-corrected chi connectivity index (χ0v) is 17.1. The monoisotopic (exact) mass is 408 g/mol. The van der Waals surface area contributed by atoms with Crippen LogP contribution in [-0.2, 0) is 9.47 Å². The number of hydrogen-bond acceptors (Lipinski definition) is 7. The minimum atomic E-state index is -0.514. The molecule has 3 atom stereocenters. The average Bonchev–Trinajstić information content (AvgIpc) is 3.17. The number of nitrogens with zero attached hydrogens (tertiary/aromatic N) is 2. The standard InChI is InChI=1S/C22H24N4O4/c1-13-15(22(28)30-3)11-16-17(23-13)9-10-26(21(16)27)20-19(14-7-5-4-6-8-14)18(12-29-2)24-25-20/h4-11,18-20,24-25H,12H2,1-3H3. The smallest absolute Gasteiger partial charge is 0.339 e. The van der Waals surface area contributed by atoms with Gasteiger partial charge in [0, 0.05) is 19.2 Å². The molecular formula is C22H24N4O4. The molecule has 0 spiro atoms. The van der Waals surface area contributed by atoms with Crippen molar-refractivity contribution in [3.05, 3.63) is 75.8 Å². The number of carbonyl (C=O) groups excluding carboxylic acids is 1. The van der Waals surface area contributed by atoms with Crippen LogP contribution < -0.4 is 16.4 Å². The van der Waals surface area contributed by atoms with Gasteiger partial charge in [0.25, 0.3) is 5.56 Å². The summed E-state index contributed by atoms with van der Waals surface area (Å²) in [5.74, 6) is -0.556. The molecule has 2 aromatic heterocycles. The van der Waals surface area contributed by atoms with Crippen molar-refractivity contribution in [3.63, 3.8) is 0 Å². The molecule has 4 rings (SSSR count). The summed E-state index contributed by atoms with van der Waals surface area (Å²) in [5, 5.41) is 0.368. The maximum Gasteiger partial charge on any atom is 0.339 e. The zero-order valence-electron chi connectivity index (χ0n) is 17.1. The summed E-state index contributed by atoms with van der Waals surface area (Å²) >= 11 is 0. The first-order valence-electron chi connectivity index (χ1n) is 9.71. The molecule has 1 aliphatic heterocycles. The Balaban J connectivity index is 1.83. The van der Waals surface area contributed by atoms with E-state index in [1.54, 1.807) is 36.9 Å². The molecule has 8 nitrogen and oxygen atoms in total. The fourth-order valence-electron chi connectivity index (χ4n) is 4.06. The maximum absolute atomic E-state index is 13.4. The fraction of sp³-hybridized carbons (Fsp3) is 0.318. The number of carbonyl (C=O) groups is 1. The van der Waals surface area contributed by atoms with Gasteiger partial charge in [-0.05, 0) is 24.6 Å². The minimum absolute atomic E-state index is 0.0215. The summed E-state index contributed by atoms with van der Waals surface area (Å²) in [4.78, 5) is 29.9. The Hall–Kier alpha value is -3.07. The third-order valence-corrected chi connectivity index (χ3v) is 5.53. The summed E-state index contributed by atoms with van der Waals surface area (Å²) in [6.45, 7) is 2.21. The lowest BCUT2D eigenvalue weighted by Gasteiger charge is -2.25. The van der Waals surface area contributed by atoms with Crippen molar-refractivity contribution in [1.82, 2.24) is 20.4 Å². The molecule has 8 heteroatoms. The van der Waals surface area contributed by atoms with E-state index in [9.17, 15) is 9.59 Å². The van der Waals surface area contributed by atoms with Gasteiger partial charge in [-0.3, -0.25) is 14.3 Å². The highest BCUT2D eigenvalue weighted by Crippen LogP contribution is 2.33. The van der Waals surface area contributed by atoms with Crippen LogP contribution in [0.1, 0.15) is 33.7 Å². The molecular weight excluding hydrogens is 384 g/mol. The molecule has 1 aliphatic rings. The number of benzene rings is 1. The summed E-state index contributed by atoms with van der Waals surface area (Å²) < 4.78 is 11.8. The Morgan fingerprint density at radius 2 is 1.93 bits per heavy atom. The number of aryl methyl sites for hydroxylation is 1. The van der Waals surface area contributed by atoms with Crippen LogP contribution in [0.15, 0.2) is 53.5 Å². The predicted molar refractivity (Wildman–Crippen MR) is 112 cm³/mol. The number of pyridine rings is 2. The Morgan fingerprint density at radius 3 is 2.63 bits per heavy atom. The summed E-state index contributed by atoms with van der Waals surface area (Å²) in [6, 6.07) is 13.3. The number of aromatic nitrogens is 2. The number of hydrazine groups is 1. The number of esters is 1. The minimum Gasteiger partial charge on any atom is -0.465 e. The highest BCUT2D eigenvalue weighted by Gasteiger charge is 2.38. The molecule has 1 fully saturated rings. The van der Waals surface area contributed by atoms with E-state index in [0.29, 0.717) is 23.2 Å². The van der Waals surface area contributed by atoms with Crippen LogP contribution in [0.4, 0.5) is 0 Å². The molecule has 3 heterocycles. The molecule has 0 aliphatic carbocycles. The van der Waals surface area contributed by atoms with Gasteiger partial charge in [-0.1, -0.05) is 30.3 Å². The van der Waals surface area contributed by atoms with Gasteiger partial charge in [-0.2, -0.15) is 0 Å². The van der Waals surface area contributed by atoms with E-state index in [2.05, 4.69) is 15.8 Å². The largest absolute Gasteiger partial charge is 0.465 e. The molecule has 3 unspecified atom stereocenters. The van der Waals surface area contributed by atoms with Gasteiger partial charge in [-0.25, -0.2) is 15.6 Å². The van der Waals surface area contributed by atoms with Gasteiger partial charge < -0.3 is 9.47 Å². The fourth-order valence-corrected chi connectivity index (χ4v) is 4.06. The quantitative estimate of drug-likeness (QED) is 0.623. The topological polar surface area (TPSA) is 94.5 Å². The third kappa shape index (κ3) is 3.49. The normalized spacial score (nSPS) is 21.1. The first-order valence-corrected chi connectivity index (χ1v) is 9.71. The van der Waals surface area contributed by atoms with Crippen LogP contribution in [-0.4, -0.2) is 42.4 Å². The van der Waals surface area contributed by atoms with Crippen LogP contribution >= 0.6 is 0 Å². The third-order valence-electron chi connectivity index (χ3n) is 5.53. The van der Waals surface area contributed by atoms with Gasteiger partial charge in [0.2, 0.25) is 0 Å². The van der Waals surface area contributed by atoms with Crippen LogP contribution in [0.2, 0.25) is 0 Å². The molecule has 156 valence electrons. The highest BCUT2D eigenvalue weighted by molar-refractivity contribution is 5.94. The van der Waals surface area contributed by atoms with E-state index >= 15 is 0 Å². The zero-order chi connectivity index (χ0) is 21.3. The van der Waals surface area contributed by atoms with Crippen LogP contribution in [0.5, 0.6) is 0 Å². The van der Waals surface area contributed by atoms with Gasteiger partial charge in [0.15, 0.2) is 0 Å². The number of hydrogen-bond donors (Lipinski definition) is 2. The number of ether oxygens (including phenoxy) is 2. The van der Waals surface area contributed by atoms with Gasteiger partial charge in [0.1, 0.15) is 6.17 Å². The van der Waals surface area contributed by atoms with Crippen molar-refractivity contribution in [2.45, 2.75) is 25.0 Å². The van der Waals surface area contributed by atoms with E-state index < -0.39 is 5.97 Å². The van der Waals surface area contributed by atoms with Crippen molar-refractivity contribution in [2.24, 2.45) is 0 Å². The maximum atomic E-state index is 13.4. The molecule has 3 aromatic rings. The second kappa shape index (κ2) is 8.35. The van der Waals surface area contributed by atoms with E-state index in [1.807, 2.05) is 30.3 Å². The second-order valence-electron chi connectivity index (χ2n) is 7.31. The lowest BCUT2D eigenvalue weighted by Crippen LogP contribution is -2.36. The lowest BCUT2D eigenvalue weighted by molar-refractivity contribution is 0.0599. The molecule has 0 bridgehead atoms. The molecule has 2 N–H and O–H groups in total. The van der Waals surface area contributed by atoms with E-state index in [1.165, 1.54) is 7.11 Å². The molecule has 1 saturated heterocycles. The second-order valence-corrected chi connectivity index (χ2v) is 7.31. The first-order chi connectivity index (χ1) is 14.5. The molecule has 0 amide bonds. The van der Waals surface area contributed by atoms with Crippen molar-refractivity contribution >= 4 is 16.9 Å². The summed E-state index contributed by atoms with van der Waals surface area (Å²) in [7, 11) is 2.96. The molecule has 1 aromatic carbocycles. The van der Waals surface area contributed by atoms with Gasteiger partial charge in [-0.15, -0.1) is 0 Å². The molecule has 30 heavy (non-hydrogen) atoms. The van der Waals surface area contributed by atoms with Crippen molar-refractivity contribution in [3.8, 4) is 0 Å². The van der Waals surface area contributed by atoms with E-state index in [-0.39, 0.29) is 29.2 Å². The predicted octanol–water partition coefficient (Wildman–Crippen LogP) is 1.90. The van der Waals surface area contributed by atoms with E-state index in [4.69, 9.17) is 9.47 Å². The first kappa shape index (κ1) is 20.2. The van der Waals surface area contributed by atoms with Crippen molar-refractivity contribution in [2.75, 3.05) is 20.8 Å². The molecule has 0 radical (unpaired) electrons. The van der Waals surface area contributed by atoms with E-state index in [0.717, 1.165) is 5.56 Å². The molecule has 0 saturated carbocycles. The SMILES string of the molecule is COCC1NNC(n2ccc3nc(C)c(C(=O)OC)cc3c2=O)C1c1ccccc1. The number of nitrogens with one attached hydrogen (secondary N) is 2. The average molecular weight is 408 g/mol. The lowest BCUT2D eigenvalue weighted by atomic mass is 9.90. The van der Waals surface area contributed by atoms with Crippen LogP contribution in [0.25, 0.3) is 10.9 Å². The van der Waals surface area contributed by atoms with Gasteiger partial charge in [0.05, 0.1) is 41.9 Å². The Kier molecular flexibility index (Phi) is 5.63. The van der Waals surface area contributed by atoms with Crippen molar-refractivity contribution < 1.29 is 14.3 Å². The summed E-state index contributed by atoms with van der Waals surface area (Å²) in [6.07, 6.45) is 1.40. The Bertz CT molecular complexity index is 1130. The number of fused-ring (bicyclic) bond motifs is 1. The van der Waals surface area contributed by atoms with Crippen LogP contribution in [0, 0.1) is 6.92 Å². The summed E-state index contributed by atoms with van der Waals surface area (Å²) in [5.41, 5.74) is 8.70. The number of rotatable bonds is 5. The van der Waals surface area contributed by atoms with Gasteiger partial charge >= 0.3 is 5.97 Å². The Morgan fingerprint density at radius 1 is 1.17 bits per heavy atom. The number of methoxy groups -OCH3 is 2.